The fourth-order valence-electron chi connectivity index (χ4n) is 4.73. The molecule has 0 unspecified atom stereocenters. The van der Waals surface area contributed by atoms with Gasteiger partial charge in [-0.3, -0.25) is 4.79 Å². The van der Waals surface area contributed by atoms with E-state index in [0.717, 1.165) is 39.1 Å². The van der Waals surface area contributed by atoms with Gasteiger partial charge in [0.05, 0.1) is 6.10 Å². The summed E-state index contributed by atoms with van der Waals surface area (Å²) in [6.07, 6.45) is 10.5. The van der Waals surface area contributed by atoms with Crippen molar-refractivity contribution in [3.8, 4) is 0 Å². The summed E-state index contributed by atoms with van der Waals surface area (Å²) in [6.45, 7) is 4.50. The first kappa shape index (κ1) is 16.3. The van der Waals surface area contributed by atoms with Gasteiger partial charge < -0.3 is 14.8 Å². The lowest BCUT2D eigenvalue weighted by Crippen LogP contribution is -2.65. The lowest BCUT2D eigenvalue weighted by atomic mass is 9.55. The lowest BCUT2D eigenvalue weighted by molar-refractivity contribution is -0.157. The van der Waals surface area contributed by atoms with Crippen LogP contribution in [0.4, 0.5) is 0 Å². The number of hydrogen-bond acceptors (Lipinski definition) is 3. The maximum Gasteiger partial charge on any atom is 0.220 e. The van der Waals surface area contributed by atoms with Crippen LogP contribution in [-0.4, -0.2) is 37.9 Å². The van der Waals surface area contributed by atoms with E-state index in [1.165, 1.54) is 32.1 Å². The highest BCUT2D eigenvalue weighted by atomic mass is 16.5. The van der Waals surface area contributed by atoms with Crippen molar-refractivity contribution in [2.45, 2.75) is 76.9 Å². The molecule has 0 aromatic heterocycles. The highest BCUT2D eigenvalue weighted by Crippen LogP contribution is 2.53. The van der Waals surface area contributed by atoms with Gasteiger partial charge in [0, 0.05) is 37.7 Å². The van der Waals surface area contributed by atoms with Crippen LogP contribution < -0.4 is 5.32 Å². The van der Waals surface area contributed by atoms with Crippen LogP contribution >= 0.6 is 0 Å². The molecule has 2 atom stereocenters. The SMILES string of the molecule is CCO[C@H]1C[C@@H](NC(=O)CC2CCOCC2)C12CCCCC2. The first-order valence-electron chi connectivity index (χ1n) is 9.23. The van der Waals surface area contributed by atoms with E-state index >= 15 is 0 Å². The van der Waals surface area contributed by atoms with Gasteiger partial charge in [-0.15, -0.1) is 0 Å². The Morgan fingerprint density at radius 3 is 2.64 bits per heavy atom. The van der Waals surface area contributed by atoms with Gasteiger partial charge >= 0.3 is 0 Å². The average Bonchev–Trinajstić information content (AvgIpc) is 2.55. The summed E-state index contributed by atoms with van der Waals surface area (Å²) >= 11 is 0. The third kappa shape index (κ3) is 3.33. The van der Waals surface area contributed by atoms with Crippen LogP contribution in [0, 0.1) is 11.3 Å². The number of ether oxygens (including phenoxy) is 2. The second kappa shape index (κ2) is 7.31. The maximum atomic E-state index is 12.4. The van der Waals surface area contributed by atoms with Gasteiger partial charge in [0.25, 0.3) is 0 Å². The standard InChI is InChI=1S/C18H31NO3/c1-2-22-16-13-15(18(16)8-4-3-5-9-18)19-17(20)12-14-6-10-21-11-7-14/h14-16H,2-13H2,1H3,(H,19,20)/t15-,16+/m1/s1. The number of rotatable bonds is 5. The molecule has 0 bridgehead atoms. The Morgan fingerprint density at radius 1 is 1.23 bits per heavy atom. The molecule has 1 aliphatic heterocycles. The van der Waals surface area contributed by atoms with Gasteiger partial charge in [-0.05, 0) is 44.9 Å². The molecule has 0 aromatic carbocycles. The van der Waals surface area contributed by atoms with E-state index in [0.29, 0.717) is 24.5 Å². The predicted molar refractivity (Wildman–Crippen MR) is 85.6 cm³/mol. The zero-order valence-electron chi connectivity index (χ0n) is 13.9. The van der Waals surface area contributed by atoms with Gasteiger partial charge in [-0.2, -0.15) is 0 Å². The van der Waals surface area contributed by atoms with Crippen molar-refractivity contribution in [1.29, 1.82) is 0 Å². The molecule has 0 radical (unpaired) electrons. The minimum atomic E-state index is 0.236. The van der Waals surface area contributed by atoms with E-state index in [4.69, 9.17) is 9.47 Å². The van der Waals surface area contributed by atoms with Crippen LogP contribution in [0.3, 0.4) is 0 Å². The fraction of sp³-hybridized carbons (Fsp3) is 0.944. The Balaban J connectivity index is 1.53. The third-order valence-electron chi connectivity index (χ3n) is 6.09. The van der Waals surface area contributed by atoms with E-state index in [9.17, 15) is 4.79 Å². The molecule has 4 heteroatoms. The molecule has 1 heterocycles. The number of nitrogens with one attached hydrogen (secondary N) is 1. The van der Waals surface area contributed by atoms with Crippen LogP contribution in [0.5, 0.6) is 0 Å². The Kier molecular flexibility index (Phi) is 5.40. The van der Waals surface area contributed by atoms with Gasteiger partial charge in [-0.25, -0.2) is 0 Å². The lowest BCUT2D eigenvalue weighted by Gasteiger charge is -2.57. The molecule has 1 saturated heterocycles. The quantitative estimate of drug-likeness (QED) is 0.849. The summed E-state index contributed by atoms with van der Waals surface area (Å²) in [4.78, 5) is 12.4. The maximum absolute atomic E-state index is 12.4. The Bertz CT molecular complexity index is 373. The summed E-state index contributed by atoms with van der Waals surface area (Å²) in [5.74, 6) is 0.760. The first-order valence-corrected chi connectivity index (χ1v) is 9.23. The summed E-state index contributed by atoms with van der Waals surface area (Å²) < 4.78 is 11.3. The van der Waals surface area contributed by atoms with Crippen LogP contribution in [0.25, 0.3) is 0 Å². The van der Waals surface area contributed by atoms with E-state index in [1.807, 2.05) is 0 Å². The zero-order valence-corrected chi connectivity index (χ0v) is 13.9. The fourth-order valence-corrected chi connectivity index (χ4v) is 4.73. The van der Waals surface area contributed by atoms with Gasteiger partial charge in [0.15, 0.2) is 0 Å². The minimum absolute atomic E-state index is 0.236. The number of amides is 1. The van der Waals surface area contributed by atoms with E-state index in [2.05, 4.69) is 12.2 Å². The summed E-state index contributed by atoms with van der Waals surface area (Å²) in [5, 5.41) is 3.35. The molecular formula is C18H31NO3. The summed E-state index contributed by atoms with van der Waals surface area (Å²) in [5.41, 5.74) is 0.236. The van der Waals surface area contributed by atoms with E-state index in [1.54, 1.807) is 0 Å². The molecule has 4 nitrogen and oxygen atoms in total. The molecule has 2 saturated carbocycles. The van der Waals surface area contributed by atoms with Crippen molar-refractivity contribution >= 4 is 5.91 Å². The Hall–Kier alpha value is -0.610. The molecule has 0 aromatic rings. The molecule has 1 amide bonds. The van der Waals surface area contributed by atoms with Crippen LogP contribution in [-0.2, 0) is 14.3 Å². The molecule has 1 N–H and O–H groups in total. The third-order valence-corrected chi connectivity index (χ3v) is 6.09. The van der Waals surface area contributed by atoms with Crippen LogP contribution in [0.2, 0.25) is 0 Å². The van der Waals surface area contributed by atoms with Crippen molar-refractivity contribution in [3.05, 3.63) is 0 Å². The van der Waals surface area contributed by atoms with Gasteiger partial charge in [0.1, 0.15) is 0 Å². The van der Waals surface area contributed by atoms with Crippen molar-refractivity contribution in [1.82, 2.24) is 5.32 Å². The number of hydrogen-bond donors (Lipinski definition) is 1. The normalized spacial score (nSPS) is 31.7. The molecule has 3 fully saturated rings. The van der Waals surface area contributed by atoms with Crippen LogP contribution in [0.15, 0.2) is 0 Å². The van der Waals surface area contributed by atoms with Crippen molar-refractivity contribution in [3.63, 3.8) is 0 Å². The Labute approximate surface area is 134 Å². The number of carbonyl (C=O) groups excluding carboxylic acids is 1. The van der Waals surface area contributed by atoms with Crippen molar-refractivity contribution < 1.29 is 14.3 Å². The highest BCUT2D eigenvalue weighted by Gasteiger charge is 2.56. The largest absolute Gasteiger partial charge is 0.381 e. The Morgan fingerprint density at radius 2 is 1.95 bits per heavy atom. The molecule has 126 valence electrons. The highest BCUT2D eigenvalue weighted by molar-refractivity contribution is 5.76. The zero-order chi connectivity index (χ0) is 15.4. The van der Waals surface area contributed by atoms with E-state index in [-0.39, 0.29) is 11.3 Å². The van der Waals surface area contributed by atoms with Crippen LogP contribution in [0.1, 0.15) is 64.7 Å². The first-order chi connectivity index (χ1) is 10.7. The molecule has 3 aliphatic rings. The summed E-state index contributed by atoms with van der Waals surface area (Å²) in [7, 11) is 0. The minimum Gasteiger partial charge on any atom is -0.381 e. The second-order valence-electron chi connectivity index (χ2n) is 7.35. The molecule has 2 aliphatic carbocycles. The van der Waals surface area contributed by atoms with Crippen molar-refractivity contribution in [2.75, 3.05) is 19.8 Å². The monoisotopic (exact) mass is 309 g/mol. The van der Waals surface area contributed by atoms with Gasteiger partial charge in [-0.1, -0.05) is 19.3 Å². The van der Waals surface area contributed by atoms with Crippen molar-refractivity contribution in [2.24, 2.45) is 11.3 Å². The van der Waals surface area contributed by atoms with Gasteiger partial charge in [0.2, 0.25) is 5.91 Å². The predicted octanol–water partition coefficient (Wildman–Crippen LogP) is 3.05. The summed E-state index contributed by atoms with van der Waals surface area (Å²) in [6, 6.07) is 0.344. The average molecular weight is 309 g/mol. The number of carbonyl (C=O) groups is 1. The second-order valence-corrected chi connectivity index (χ2v) is 7.35. The molecule has 22 heavy (non-hydrogen) atoms. The molecular weight excluding hydrogens is 278 g/mol. The molecule has 3 rings (SSSR count). The smallest absolute Gasteiger partial charge is 0.220 e. The topological polar surface area (TPSA) is 47.6 Å². The van der Waals surface area contributed by atoms with E-state index < -0.39 is 0 Å². The molecule has 1 spiro atoms.